The van der Waals surface area contributed by atoms with Gasteiger partial charge in [0.2, 0.25) is 0 Å². The summed E-state index contributed by atoms with van der Waals surface area (Å²) in [6.45, 7) is -0.213. The zero-order valence-electron chi connectivity index (χ0n) is 17.5. The zero-order chi connectivity index (χ0) is 25.1. The topological polar surface area (TPSA) is 178 Å². The first-order chi connectivity index (χ1) is 16.7. The predicted molar refractivity (Wildman–Crippen MR) is 126 cm³/mol. The van der Waals surface area contributed by atoms with Gasteiger partial charge in [0.1, 0.15) is 24.6 Å². The van der Waals surface area contributed by atoms with Gasteiger partial charge in [0.25, 0.3) is 5.69 Å². The quantitative estimate of drug-likeness (QED) is 0.229. The van der Waals surface area contributed by atoms with Crippen LogP contribution in [0.2, 0.25) is 0 Å². The third-order valence-corrected chi connectivity index (χ3v) is 5.32. The highest BCUT2D eigenvalue weighted by molar-refractivity contribution is 9.10. The molecule has 1 aliphatic heterocycles. The number of carboxylic acid groups (broad SMARTS) is 1. The molecule has 0 saturated heterocycles. The van der Waals surface area contributed by atoms with E-state index in [1.165, 1.54) is 23.2 Å². The maximum absolute atomic E-state index is 12.0. The lowest BCUT2D eigenvalue weighted by atomic mass is 10.1. The summed E-state index contributed by atoms with van der Waals surface area (Å²) in [5.74, 6) is -1.40. The number of nitro benzene ring substituents is 1. The van der Waals surface area contributed by atoms with Gasteiger partial charge >= 0.3 is 12.1 Å². The van der Waals surface area contributed by atoms with Crippen molar-refractivity contribution in [1.82, 2.24) is 9.55 Å². The van der Waals surface area contributed by atoms with Crippen molar-refractivity contribution >= 4 is 62.7 Å². The van der Waals surface area contributed by atoms with Crippen LogP contribution in [0.15, 0.2) is 58.4 Å². The molecule has 3 N–H and O–H groups in total. The summed E-state index contributed by atoms with van der Waals surface area (Å²) < 4.78 is 7.25. The van der Waals surface area contributed by atoms with Crippen molar-refractivity contribution in [3.05, 3.63) is 69.2 Å². The average molecular weight is 543 g/mol. The van der Waals surface area contributed by atoms with Gasteiger partial charge in [0.15, 0.2) is 5.71 Å². The molecule has 4 rings (SSSR count). The molecule has 3 aromatic rings. The lowest BCUT2D eigenvalue weighted by Gasteiger charge is -2.21. The third kappa shape index (κ3) is 5.16. The summed E-state index contributed by atoms with van der Waals surface area (Å²) in [4.78, 5) is 53.8. The van der Waals surface area contributed by atoms with Gasteiger partial charge in [-0.05, 0) is 24.3 Å². The zero-order valence-corrected chi connectivity index (χ0v) is 19.1. The number of aromatic nitrogens is 2. The number of carbonyl (C=O) groups is 3. The first kappa shape index (κ1) is 23.6. The van der Waals surface area contributed by atoms with Crippen molar-refractivity contribution in [2.45, 2.75) is 12.6 Å². The Hall–Kier alpha value is -4.59. The summed E-state index contributed by atoms with van der Waals surface area (Å²) in [5.41, 5.74) is 0.319. The SMILES string of the molecule is O=CC1Nc2cc([N+](=O)[O-])c(-n3cnc(COC(=O)Nc4cccc(Br)c4)c3)cc2N=C1C(=O)O. The third-order valence-electron chi connectivity index (χ3n) is 4.83. The van der Waals surface area contributed by atoms with Crippen LogP contribution < -0.4 is 10.6 Å². The largest absolute Gasteiger partial charge is 0.477 e. The Morgan fingerprint density at radius 1 is 1.34 bits per heavy atom. The number of nitrogens with zero attached hydrogens (tertiary/aromatic N) is 4. The molecule has 1 amide bonds. The van der Waals surface area contributed by atoms with Gasteiger partial charge in [-0.1, -0.05) is 22.0 Å². The van der Waals surface area contributed by atoms with Crippen molar-refractivity contribution in [2.75, 3.05) is 10.6 Å². The number of rotatable bonds is 7. The minimum atomic E-state index is -1.40. The summed E-state index contributed by atoms with van der Waals surface area (Å²) in [6, 6.07) is 8.13. The van der Waals surface area contributed by atoms with Crippen LogP contribution >= 0.6 is 15.9 Å². The Balaban J connectivity index is 1.56. The molecule has 0 aliphatic carbocycles. The van der Waals surface area contributed by atoms with Crippen LogP contribution in [0.5, 0.6) is 0 Å². The number of fused-ring (bicyclic) bond motifs is 1. The van der Waals surface area contributed by atoms with E-state index in [2.05, 4.69) is 36.5 Å². The van der Waals surface area contributed by atoms with E-state index in [1.54, 1.807) is 24.3 Å². The molecular weight excluding hydrogens is 528 g/mol. The number of nitrogens with one attached hydrogen (secondary N) is 2. The van der Waals surface area contributed by atoms with Gasteiger partial charge in [0, 0.05) is 22.4 Å². The molecule has 1 unspecified atom stereocenters. The molecule has 0 fully saturated rings. The molecule has 1 aliphatic rings. The Kier molecular flexibility index (Phi) is 6.55. The average Bonchev–Trinajstić information content (AvgIpc) is 3.30. The summed E-state index contributed by atoms with van der Waals surface area (Å²) >= 11 is 3.30. The summed E-state index contributed by atoms with van der Waals surface area (Å²) in [7, 11) is 0. The Labute approximate surface area is 204 Å². The fourth-order valence-electron chi connectivity index (χ4n) is 3.27. The van der Waals surface area contributed by atoms with Crippen molar-refractivity contribution in [3.8, 4) is 5.69 Å². The van der Waals surface area contributed by atoms with Crippen LogP contribution in [0.4, 0.5) is 27.5 Å². The summed E-state index contributed by atoms with van der Waals surface area (Å²) in [6.07, 6.45) is 2.34. The van der Waals surface area contributed by atoms with E-state index in [-0.39, 0.29) is 29.4 Å². The van der Waals surface area contributed by atoms with Crippen molar-refractivity contribution in [1.29, 1.82) is 0 Å². The summed E-state index contributed by atoms with van der Waals surface area (Å²) in [5, 5.41) is 26.2. The Bertz CT molecular complexity index is 1390. The van der Waals surface area contributed by atoms with Gasteiger partial charge in [-0.3, -0.25) is 20.0 Å². The van der Waals surface area contributed by atoms with E-state index in [0.29, 0.717) is 17.7 Å². The van der Waals surface area contributed by atoms with E-state index < -0.39 is 28.7 Å². The highest BCUT2D eigenvalue weighted by Gasteiger charge is 2.30. The van der Waals surface area contributed by atoms with E-state index in [4.69, 9.17) is 4.74 Å². The number of hydrogen-bond acceptors (Lipinski definition) is 9. The second-order valence-electron chi connectivity index (χ2n) is 7.16. The van der Waals surface area contributed by atoms with Crippen molar-refractivity contribution in [3.63, 3.8) is 0 Å². The van der Waals surface area contributed by atoms with Gasteiger partial charge < -0.3 is 20.0 Å². The number of anilines is 2. The van der Waals surface area contributed by atoms with Gasteiger partial charge in [-0.15, -0.1) is 0 Å². The van der Waals surface area contributed by atoms with E-state index >= 15 is 0 Å². The maximum atomic E-state index is 12.0. The number of benzene rings is 2. The Morgan fingerprint density at radius 3 is 2.83 bits per heavy atom. The normalized spacial score (nSPS) is 14.2. The van der Waals surface area contributed by atoms with Crippen LogP contribution in [-0.2, 0) is 20.9 Å². The number of hydrogen-bond donors (Lipinski definition) is 3. The van der Waals surface area contributed by atoms with Crippen LogP contribution in [0, 0.1) is 10.1 Å². The fourth-order valence-corrected chi connectivity index (χ4v) is 3.67. The molecule has 1 atom stereocenters. The number of nitro groups is 1. The monoisotopic (exact) mass is 542 g/mol. The van der Waals surface area contributed by atoms with E-state index in [0.717, 1.165) is 10.5 Å². The molecule has 0 bridgehead atoms. The van der Waals surface area contributed by atoms with E-state index in [1.807, 2.05) is 0 Å². The van der Waals surface area contributed by atoms with Crippen LogP contribution in [0.1, 0.15) is 5.69 Å². The second kappa shape index (κ2) is 9.72. The lowest BCUT2D eigenvalue weighted by molar-refractivity contribution is -0.384. The first-order valence-electron chi connectivity index (χ1n) is 9.84. The number of carbonyl (C=O) groups excluding carboxylic acids is 2. The minimum Gasteiger partial charge on any atom is -0.477 e. The number of imidazole rings is 1. The maximum Gasteiger partial charge on any atom is 0.412 e. The highest BCUT2D eigenvalue weighted by Crippen LogP contribution is 2.38. The number of aldehydes is 1. The molecule has 0 saturated carbocycles. The number of amides is 1. The van der Waals surface area contributed by atoms with Crippen molar-refractivity contribution in [2.24, 2.45) is 4.99 Å². The van der Waals surface area contributed by atoms with Gasteiger partial charge in [-0.2, -0.15) is 0 Å². The van der Waals surface area contributed by atoms with Crippen LogP contribution in [0.25, 0.3) is 5.69 Å². The number of ether oxygens (including phenoxy) is 1. The molecule has 2 heterocycles. The van der Waals surface area contributed by atoms with Gasteiger partial charge in [-0.25, -0.2) is 19.6 Å². The van der Waals surface area contributed by atoms with E-state index in [9.17, 15) is 29.6 Å². The lowest BCUT2D eigenvalue weighted by Crippen LogP contribution is -2.38. The number of aliphatic carboxylic acids is 1. The molecule has 14 heteroatoms. The molecule has 13 nitrogen and oxygen atoms in total. The molecular formula is C21H15BrN6O7. The molecule has 178 valence electrons. The second-order valence-corrected chi connectivity index (χ2v) is 8.07. The van der Waals surface area contributed by atoms with Crippen molar-refractivity contribution < 1.29 is 29.2 Å². The van der Waals surface area contributed by atoms with Crippen LogP contribution in [0.3, 0.4) is 0 Å². The number of halogens is 1. The molecule has 0 radical (unpaired) electrons. The molecule has 35 heavy (non-hydrogen) atoms. The highest BCUT2D eigenvalue weighted by atomic mass is 79.9. The van der Waals surface area contributed by atoms with Gasteiger partial charge in [0.05, 0.1) is 28.3 Å². The molecule has 1 aromatic heterocycles. The first-order valence-corrected chi connectivity index (χ1v) is 10.6. The minimum absolute atomic E-state index is 0.0472. The predicted octanol–water partition coefficient (Wildman–Crippen LogP) is 3.44. The van der Waals surface area contributed by atoms with Crippen LogP contribution in [-0.4, -0.2) is 49.7 Å². The molecule has 2 aromatic carbocycles. The smallest absolute Gasteiger partial charge is 0.412 e. The number of aliphatic imine (C=N–C) groups is 1. The fraction of sp³-hybridized carbons (Fsp3) is 0.0952. The number of carboxylic acids is 1. The molecule has 0 spiro atoms. The standard InChI is InChI=1S/C21H15BrN6O7/c22-11-2-1-3-12(4-11)24-21(32)35-9-13-7-27(10-23-13)17-5-15-14(6-18(17)28(33)34)25-16(8-29)19(26-15)20(30)31/h1-8,10,16,25H,9H2,(H,24,32)(H,30,31). The Morgan fingerprint density at radius 2 is 2.14 bits per heavy atom.